The van der Waals surface area contributed by atoms with Crippen molar-refractivity contribution in [3.63, 3.8) is 0 Å². The number of nitrogens with two attached hydrogens (primary N) is 1. The van der Waals surface area contributed by atoms with Crippen LogP contribution < -0.4 is 5.73 Å². The highest BCUT2D eigenvalue weighted by molar-refractivity contribution is 7.22. The molecule has 4 heteroatoms. The predicted octanol–water partition coefficient (Wildman–Crippen LogP) is 2.27. The lowest BCUT2D eigenvalue weighted by Crippen LogP contribution is -1.79. The van der Waals surface area contributed by atoms with Crippen LogP contribution in [0.25, 0.3) is 16.3 Å². The number of nitrogens with zero attached hydrogens (tertiary/aromatic N) is 1. The number of thiazole rings is 1. The third kappa shape index (κ3) is 2.34. The topological polar surface area (TPSA) is 59.1 Å². The maximum Gasteiger partial charge on any atom is 0.181 e. The Kier molecular flexibility index (Phi) is 2.99. The summed E-state index contributed by atoms with van der Waals surface area (Å²) in [5.41, 5.74) is 7.67. The number of aliphatic hydroxyl groups is 1. The molecular formula is C11H12N2OS. The molecule has 1 heterocycles. The van der Waals surface area contributed by atoms with Crippen molar-refractivity contribution < 1.29 is 5.11 Å². The first-order valence-corrected chi connectivity index (χ1v) is 5.55. The Balaban J connectivity index is 2.30. The largest absolute Gasteiger partial charge is 0.396 e. The van der Waals surface area contributed by atoms with Crippen molar-refractivity contribution in [2.75, 3.05) is 12.3 Å². The molecule has 0 fully saturated rings. The number of fused-ring (bicyclic) bond motifs is 1. The molecule has 78 valence electrons. The molecule has 3 nitrogen and oxygen atoms in total. The van der Waals surface area contributed by atoms with E-state index in [0.29, 0.717) is 11.6 Å². The Hall–Kier alpha value is -1.39. The summed E-state index contributed by atoms with van der Waals surface area (Å²) >= 11 is 1.49. The van der Waals surface area contributed by atoms with E-state index in [1.54, 1.807) is 0 Å². The van der Waals surface area contributed by atoms with E-state index >= 15 is 0 Å². The van der Waals surface area contributed by atoms with Crippen LogP contribution in [-0.2, 0) is 0 Å². The predicted molar refractivity (Wildman–Crippen MR) is 64.8 cm³/mol. The van der Waals surface area contributed by atoms with Crippen molar-refractivity contribution in [3.05, 3.63) is 29.8 Å². The quantitative estimate of drug-likeness (QED) is 0.834. The molecule has 0 bridgehead atoms. The molecule has 3 N–H and O–H groups in total. The van der Waals surface area contributed by atoms with Crippen molar-refractivity contribution in [1.82, 2.24) is 4.98 Å². The average molecular weight is 220 g/mol. The lowest BCUT2D eigenvalue weighted by Gasteiger charge is -1.92. The average Bonchev–Trinajstić information content (AvgIpc) is 2.57. The molecule has 0 unspecified atom stereocenters. The lowest BCUT2D eigenvalue weighted by molar-refractivity contribution is 0.303. The van der Waals surface area contributed by atoms with E-state index in [2.05, 4.69) is 11.1 Å². The molecule has 0 spiro atoms. The summed E-state index contributed by atoms with van der Waals surface area (Å²) in [5, 5.41) is 9.24. The number of hydrogen-bond acceptors (Lipinski definition) is 4. The van der Waals surface area contributed by atoms with E-state index in [1.165, 1.54) is 11.3 Å². The summed E-state index contributed by atoms with van der Waals surface area (Å²) in [6.45, 7) is 0.187. The second kappa shape index (κ2) is 4.42. The second-order valence-electron chi connectivity index (χ2n) is 3.19. The number of nitrogen functional groups attached to an aromatic ring is 1. The fourth-order valence-corrected chi connectivity index (χ4v) is 2.14. The maximum atomic E-state index is 8.64. The maximum absolute atomic E-state index is 8.64. The molecule has 0 amide bonds. The van der Waals surface area contributed by atoms with Crippen LogP contribution in [0.2, 0.25) is 0 Å². The SMILES string of the molecule is Nc1nc2ccc(C=CCCO)cc2s1. The molecule has 15 heavy (non-hydrogen) atoms. The van der Waals surface area contributed by atoms with E-state index in [-0.39, 0.29) is 6.61 Å². The zero-order valence-corrected chi connectivity index (χ0v) is 9.00. The van der Waals surface area contributed by atoms with Crippen molar-refractivity contribution in [2.24, 2.45) is 0 Å². The summed E-state index contributed by atoms with van der Waals surface area (Å²) in [4.78, 5) is 4.18. The third-order valence-corrected chi connectivity index (χ3v) is 2.88. The van der Waals surface area contributed by atoms with Gasteiger partial charge in [-0.25, -0.2) is 4.98 Å². The Morgan fingerprint density at radius 1 is 1.47 bits per heavy atom. The normalized spacial score (nSPS) is 11.5. The van der Waals surface area contributed by atoms with E-state index in [4.69, 9.17) is 10.8 Å². The first-order valence-electron chi connectivity index (χ1n) is 4.73. The van der Waals surface area contributed by atoms with Gasteiger partial charge in [0.05, 0.1) is 10.2 Å². The van der Waals surface area contributed by atoms with Crippen molar-refractivity contribution in [2.45, 2.75) is 6.42 Å². The molecule has 1 aromatic carbocycles. The van der Waals surface area contributed by atoms with Gasteiger partial charge >= 0.3 is 0 Å². The van der Waals surface area contributed by atoms with E-state index in [0.717, 1.165) is 15.8 Å². The van der Waals surface area contributed by atoms with E-state index in [9.17, 15) is 0 Å². The number of aliphatic hydroxyl groups excluding tert-OH is 1. The van der Waals surface area contributed by atoms with Crippen LogP contribution in [0.15, 0.2) is 24.3 Å². The molecule has 1 aromatic heterocycles. The minimum atomic E-state index is 0.187. The summed E-state index contributed by atoms with van der Waals surface area (Å²) < 4.78 is 1.10. The number of anilines is 1. The zero-order chi connectivity index (χ0) is 10.7. The van der Waals surface area contributed by atoms with Crippen LogP contribution in [-0.4, -0.2) is 16.7 Å². The fraction of sp³-hybridized carbons (Fsp3) is 0.182. The van der Waals surface area contributed by atoms with Gasteiger partial charge in [-0.1, -0.05) is 29.6 Å². The van der Waals surface area contributed by atoms with Gasteiger partial charge in [-0.15, -0.1) is 0 Å². The van der Waals surface area contributed by atoms with Crippen LogP contribution >= 0.6 is 11.3 Å². The monoisotopic (exact) mass is 220 g/mol. The highest BCUT2D eigenvalue weighted by Gasteiger charge is 1.99. The Morgan fingerprint density at radius 2 is 2.33 bits per heavy atom. The minimum Gasteiger partial charge on any atom is -0.396 e. The molecule has 0 aliphatic heterocycles. The van der Waals surface area contributed by atoms with Gasteiger partial charge in [0.1, 0.15) is 0 Å². The number of aromatic nitrogens is 1. The van der Waals surface area contributed by atoms with Crippen molar-refractivity contribution in [3.8, 4) is 0 Å². The van der Waals surface area contributed by atoms with Gasteiger partial charge in [-0.2, -0.15) is 0 Å². The Bertz CT molecular complexity index is 490. The first kappa shape index (κ1) is 10.1. The summed E-state index contributed by atoms with van der Waals surface area (Å²) in [6.07, 6.45) is 4.62. The highest BCUT2D eigenvalue weighted by atomic mass is 32.1. The van der Waals surface area contributed by atoms with Crippen LogP contribution in [0.4, 0.5) is 5.13 Å². The summed E-state index contributed by atoms with van der Waals surface area (Å²) in [6, 6.07) is 6.01. The van der Waals surface area contributed by atoms with Crippen molar-refractivity contribution >= 4 is 32.8 Å². The van der Waals surface area contributed by atoms with Gasteiger partial charge in [0.15, 0.2) is 5.13 Å². The number of rotatable bonds is 3. The number of hydrogen-bond donors (Lipinski definition) is 2. The minimum absolute atomic E-state index is 0.187. The first-order chi connectivity index (χ1) is 7.29. The molecule has 2 rings (SSSR count). The molecule has 0 aliphatic rings. The second-order valence-corrected chi connectivity index (χ2v) is 4.26. The molecule has 0 radical (unpaired) electrons. The van der Waals surface area contributed by atoms with Gasteiger partial charge < -0.3 is 10.8 Å². The molecular weight excluding hydrogens is 208 g/mol. The molecule has 0 aliphatic carbocycles. The van der Waals surface area contributed by atoms with Crippen LogP contribution in [0, 0.1) is 0 Å². The number of benzene rings is 1. The van der Waals surface area contributed by atoms with E-state index < -0.39 is 0 Å². The lowest BCUT2D eigenvalue weighted by atomic mass is 10.2. The third-order valence-electron chi connectivity index (χ3n) is 2.04. The van der Waals surface area contributed by atoms with Gasteiger partial charge in [-0.05, 0) is 24.1 Å². The fourth-order valence-electron chi connectivity index (χ4n) is 1.36. The van der Waals surface area contributed by atoms with Crippen LogP contribution in [0.5, 0.6) is 0 Å². The zero-order valence-electron chi connectivity index (χ0n) is 8.18. The summed E-state index contributed by atoms with van der Waals surface area (Å²) in [5.74, 6) is 0. The molecule has 0 saturated heterocycles. The Labute approximate surface area is 91.9 Å². The Morgan fingerprint density at radius 3 is 3.13 bits per heavy atom. The van der Waals surface area contributed by atoms with Gasteiger partial charge in [-0.3, -0.25) is 0 Å². The van der Waals surface area contributed by atoms with E-state index in [1.807, 2.05) is 24.3 Å². The van der Waals surface area contributed by atoms with Gasteiger partial charge in [0, 0.05) is 6.61 Å². The highest BCUT2D eigenvalue weighted by Crippen LogP contribution is 2.24. The van der Waals surface area contributed by atoms with Gasteiger partial charge in [0.2, 0.25) is 0 Å². The molecule has 0 saturated carbocycles. The molecule has 0 atom stereocenters. The van der Waals surface area contributed by atoms with Crippen molar-refractivity contribution in [1.29, 1.82) is 0 Å². The molecule has 2 aromatic rings. The summed E-state index contributed by atoms with van der Waals surface area (Å²) in [7, 11) is 0. The van der Waals surface area contributed by atoms with Gasteiger partial charge in [0.25, 0.3) is 0 Å². The standard InChI is InChI=1S/C11H12N2OS/c12-11-13-9-5-4-8(3-1-2-6-14)7-10(9)15-11/h1,3-5,7,14H,2,6H2,(H2,12,13). The van der Waals surface area contributed by atoms with Crippen LogP contribution in [0.3, 0.4) is 0 Å². The smallest absolute Gasteiger partial charge is 0.181 e. The van der Waals surface area contributed by atoms with Crippen LogP contribution in [0.1, 0.15) is 12.0 Å².